The molecule has 8 rings (SSSR count). The number of pyridine rings is 2. The first-order valence-corrected chi connectivity index (χ1v) is 25.1. The monoisotopic (exact) mass is 1170 g/mol. The minimum Gasteiger partial charge on any atom is -0.480 e. The number of carbonyl (C=O) groups is 8. The molecule has 31 heteroatoms. The molecule has 2 atom stereocenters. The predicted molar refractivity (Wildman–Crippen MR) is 283 cm³/mol. The van der Waals surface area contributed by atoms with Crippen LogP contribution in [0.3, 0.4) is 0 Å². The number of fused-ring (bicyclic) bond motifs is 2. The standard InChI is InChI=1S/C26H28F3N7O5.C16H21F3N4O3.C10H9N3O3/c1-25(2,3)41-24(40)34-11-12-35(17(13-34)23(39)32-19-10-6-9-18(31-19)26(27,28)29)20(37)14-36-16-8-5-4-7-15(16)21(33-36)22(30)38;1-15(2,3)26-14(25)23-8-7-20-10(9-23)13(24)22-12-6-4-5-11(21-12)16(17,18)19;11-10(16)9-6-3-1-2-4-7(6)13(12-9)5-8(14)15/h4-10,17H,11-14H2,1-3H3,(H2,30,38)(H,31,32,39);4-6,10,20H,7-9H2,1-3H3,(H,21,22,24);1-4H,5H2,(H2,11,16)(H,14,15)/t17-;10-;/m00./s1. The molecule has 6 aromatic rings. The van der Waals surface area contributed by atoms with Gasteiger partial charge in [0.2, 0.25) is 17.7 Å². The Labute approximate surface area is 468 Å². The molecule has 0 aliphatic carbocycles. The smallest absolute Gasteiger partial charge is 0.433 e. The predicted octanol–water partition coefficient (Wildman–Crippen LogP) is 5.10. The van der Waals surface area contributed by atoms with Crippen LogP contribution in [0.25, 0.3) is 21.8 Å². The average molecular weight is 1170 g/mol. The molecule has 0 bridgehead atoms. The fraction of sp³-hybridized carbons (Fsp3) is 0.385. The number of aliphatic carboxylic acids is 1. The van der Waals surface area contributed by atoms with Gasteiger partial charge < -0.3 is 56.7 Å². The Hall–Kier alpha value is -9.42. The number of piperazine rings is 2. The van der Waals surface area contributed by atoms with Gasteiger partial charge in [-0.15, -0.1) is 0 Å². The first-order chi connectivity index (χ1) is 38.7. The van der Waals surface area contributed by atoms with E-state index in [0.29, 0.717) is 34.9 Å². The van der Waals surface area contributed by atoms with Crippen molar-refractivity contribution in [3.63, 3.8) is 0 Å². The average Bonchev–Trinajstić information content (AvgIpc) is 3.44. The second-order valence-electron chi connectivity index (χ2n) is 20.4. The second kappa shape index (κ2) is 25.6. The maximum Gasteiger partial charge on any atom is 0.433 e. The lowest BCUT2D eigenvalue weighted by Crippen LogP contribution is -2.61. The number of nitrogens with two attached hydrogens (primary N) is 2. The number of anilines is 2. The number of hydrogen-bond donors (Lipinski definition) is 6. The van der Waals surface area contributed by atoms with E-state index in [1.165, 1.54) is 36.2 Å². The van der Waals surface area contributed by atoms with Crippen LogP contribution in [0.15, 0.2) is 84.9 Å². The molecule has 444 valence electrons. The molecule has 6 heterocycles. The van der Waals surface area contributed by atoms with E-state index in [1.807, 2.05) is 0 Å². The summed E-state index contributed by atoms with van der Waals surface area (Å²) < 4.78 is 90.7. The van der Waals surface area contributed by atoms with Crippen molar-refractivity contribution in [2.75, 3.05) is 49.9 Å². The maximum atomic E-state index is 13.5. The summed E-state index contributed by atoms with van der Waals surface area (Å²) in [6.07, 6.45) is -10.6. The Bertz CT molecular complexity index is 3410. The van der Waals surface area contributed by atoms with Crippen molar-refractivity contribution >= 4 is 81.1 Å². The van der Waals surface area contributed by atoms with Crippen LogP contribution in [0, 0.1) is 0 Å². The first kappa shape index (κ1) is 62.8. The van der Waals surface area contributed by atoms with Crippen LogP contribution in [0.5, 0.6) is 0 Å². The summed E-state index contributed by atoms with van der Waals surface area (Å²) in [6, 6.07) is 17.7. The van der Waals surface area contributed by atoms with Crippen LogP contribution in [0.1, 0.15) is 73.9 Å². The van der Waals surface area contributed by atoms with E-state index in [1.54, 1.807) is 90.1 Å². The second-order valence-corrected chi connectivity index (χ2v) is 20.4. The number of halogens is 6. The number of amides is 7. The molecule has 0 radical (unpaired) electrons. The number of benzene rings is 2. The van der Waals surface area contributed by atoms with Crippen LogP contribution >= 0.6 is 0 Å². The largest absolute Gasteiger partial charge is 0.480 e. The summed E-state index contributed by atoms with van der Waals surface area (Å²) in [5.41, 5.74) is 7.90. The summed E-state index contributed by atoms with van der Waals surface area (Å²) in [4.78, 5) is 108. The first-order valence-electron chi connectivity index (χ1n) is 25.1. The molecule has 0 unspecified atom stereocenters. The van der Waals surface area contributed by atoms with E-state index in [4.69, 9.17) is 26.0 Å². The third-order valence-electron chi connectivity index (χ3n) is 11.7. The van der Waals surface area contributed by atoms with Crippen molar-refractivity contribution in [1.29, 1.82) is 0 Å². The van der Waals surface area contributed by atoms with Crippen LogP contribution in [-0.4, -0.2) is 160 Å². The van der Waals surface area contributed by atoms with Crippen molar-refractivity contribution in [2.45, 2.75) is 90.3 Å². The molecule has 2 saturated heterocycles. The highest BCUT2D eigenvalue weighted by atomic mass is 19.4. The van der Waals surface area contributed by atoms with E-state index in [9.17, 15) is 64.7 Å². The summed E-state index contributed by atoms with van der Waals surface area (Å²) in [5, 5.41) is 25.3. The highest BCUT2D eigenvalue weighted by Crippen LogP contribution is 2.30. The Kier molecular flexibility index (Phi) is 19.3. The van der Waals surface area contributed by atoms with Crippen molar-refractivity contribution < 1.29 is 79.3 Å². The molecule has 2 aromatic carbocycles. The minimum atomic E-state index is -4.74. The number of alkyl halides is 6. The number of aromatic nitrogens is 6. The summed E-state index contributed by atoms with van der Waals surface area (Å²) in [6.45, 7) is 9.93. The molecular formula is C52H58F6N14O11. The van der Waals surface area contributed by atoms with Crippen LogP contribution < -0.4 is 27.4 Å². The molecular weight excluding hydrogens is 1110 g/mol. The fourth-order valence-corrected chi connectivity index (χ4v) is 8.17. The van der Waals surface area contributed by atoms with Gasteiger partial charge in [-0.3, -0.25) is 38.1 Å². The summed E-state index contributed by atoms with van der Waals surface area (Å²) in [5.74, 6) is -5.09. The number of ether oxygens (including phenoxy) is 2. The molecule has 2 fully saturated rings. The molecule has 4 aromatic heterocycles. The Balaban J connectivity index is 0.000000223. The molecule has 83 heavy (non-hydrogen) atoms. The van der Waals surface area contributed by atoms with E-state index in [0.717, 1.165) is 24.3 Å². The Morgan fingerprint density at radius 3 is 1.49 bits per heavy atom. The number of carbonyl (C=O) groups excluding carboxylic acids is 7. The maximum absolute atomic E-state index is 13.5. The van der Waals surface area contributed by atoms with E-state index in [2.05, 4.69) is 36.1 Å². The van der Waals surface area contributed by atoms with Crippen LogP contribution in [0.4, 0.5) is 47.6 Å². The lowest BCUT2D eigenvalue weighted by atomic mass is 10.1. The zero-order chi connectivity index (χ0) is 61.4. The van der Waals surface area contributed by atoms with Crippen molar-refractivity contribution in [3.05, 3.63) is 108 Å². The number of rotatable bonds is 10. The number of nitrogens with zero attached hydrogens (tertiary/aromatic N) is 9. The number of primary amides is 2. The molecule has 8 N–H and O–H groups in total. The molecule has 7 amide bonds. The quantitative estimate of drug-likeness (QED) is 0.0972. The number of carboxylic acids is 1. The molecule has 2 aliphatic rings. The molecule has 2 aliphatic heterocycles. The van der Waals surface area contributed by atoms with E-state index in [-0.39, 0.29) is 62.3 Å². The molecule has 25 nitrogen and oxygen atoms in total. The zero-order valence-electron chi connectivity index (χ0n) is 45.4. The normalized spacial score (nSPS) is 15.7. The van der Waals surface area contributed by atoms with Gasteiger partial charge in [0.05, 0.1) is 17.6 Å². The van der Waals surface area contributed by atoms with Gasteiger partial charge in [-0.05, 0) is 77.9 Å². The zero-order valence-corrected chi connectivity index (χ0v) is 45.4. The fourth-order valence-electron chi connectivity index (χ4n) is 8.17. The van der Waals surface area contributed by atoms with Gasteiger partial charge in [-0.2, -0.15) is 36.5 Å². The highest BCUT2D eigenvalue weighted by Gasteiger charge is 2.40. The van der Waals surface area contributed by atoms with Gasteiger partial charge in [0.25, 0.3) is 11.8 Å². The minimum absolute atomic E-state index is 0.0264. The molecule has 0 spiro atoms. The van der Waals surface area contributed by atoms with Gasteiger partial charge in [0.15, 0.2) is 11.4 Å². The van der Waals surface area contributed by atoms with Gasteiger partial charge in [-0.25, -0.2) is 19.6 Å². The summed E-state index contributed by atoms with van der Waals surface area (Å²) in [7, 11) is 0. The van der Waals surface area contributed by atoms with Gasteiger partial charge in [-0.1, -0.05) is 48.5 Å². The number of nitrogens with one attached hydrogen (secondary N) is 3. The number of carboxylic acid groups (broad SMARTS) is 1. The molecule has 0 saturated carbocycles. The van der Waals surface area contributed by atoms with Gasteiger partial charge in [0, 0.05) is 43.5 Å². The lowest BCUT2D eigenvalue weighted by molar-refractivity contribution is -0.142. The van der Waals surface area contributed by atoms with Gasteiger partial charge >= 0.3 is 30.5 Å². The topological polar surface area (TPSA) is 335 Å². The lowest BCUT2D eigenvalue weighted by Gasteiger charge is -2.40. The summed E-state index contributed by atoms with van der Waals surface area (Å²) >= 11 is 0. The van der Waals surface area contributed by atoms with Crippen LogP contribution in [0.2, 0.25) is 0 Å². The highest BCUT2D eigenvalue weighted by molar-refractivity contribution is 6.05. The van der Waals surface area contributed by atoms with Gasteiger partial charge in [0.1, 0.15) is 59.4 Å². The third-order valence-corrected chi connectivity index (χ3v) is 11.7. The van der Waals surface area contributed by atoms with E-state index >= 15 is 0 Å². The van der Waals surface area contributed by atoms with Crippen molar-refractivity contribution in [2.24, 2.45) is 11.5 Å². The van der Waals surface area contributed by atoms with Crippen molar-refractivity contribution in [3.8, 4) is 0 Å². The Morgan fingerprint density at radius 2 is 1.05 bits per heavy atom. The van der Waals surface area contributed by atoms with Crippen molar-refractivity contribution in [1.82, 2.24) is 49.5 Å². The Morgan fingerprint density at radius 1 is 0.602 bits per heavy atom. The third kappa shape index (κ3) is 17.1. The van der Waals surface area contributed by atoms with E-state index < -0.39 is 94.7 Å². The number of hydrogen-bond acceptors (Lipinski definition) is 15. The SMILES string of the molecule is CC(C)(C)OC(=O)N1CCN(C(=O)Cn2nc(C(N)=O)c3ccccc32)[C@H](C(=O)Nc2cccc(C(F)(F)F)n2)C1.CC(C)(C)OC(=O)N1CCN[C@H](C(=O)Nc2cccc(C(F)(F)F)n2)C1.NC(=O)c1nn(CC(=O)O)c2ccccc12. The number of para-hydroxylation sites is 2. The van der Waals surface area contributed by atoms with Crippen LogP contribution in [-0.2, 0) is 54.1 Å².